The predicted molar refractivity (Wildman–Crippen MR) is 151 cm³/mol. The summed E-state index contributed by atoms with van der Waals surface area (Å²) in [6.45, 7) is 3.55. The minimum absolute atomic E-state index is 0.319. The number of hydrogen-bond acceptors (Lipinski definition) is 2. The predicted octanol–water partition coefficient (Wildman–Crippen LogP) is 9.80. The van der Waals surface area contributed by atoms with Gasteiger partial charge in [0.1, 0.15) is 0 Å². The van der Waals surface area contributed by atoms with Gasteiger partial charge in [0.05, 0.1) is 0 Å². The molecule has 0 aliphatic carbocycles. The van der Waals surface area contributed by atoms with Crippen LogP contribution in [0.25, 0.3) is 0 Å². The Morgan fingerprint density at radius 1 is 0.647 bits per heavy atom. The standard InChI is InChI=1S/C31H61NO2/c1-4-5-6-7-16-19-22-25-30(28-29-32(2)3)26-23-20-17-14-12-10-8-9-11-13-15-18-21-24-27-31(33)34/h11,13,30H,4-10,12,14-29H2,1-3H3,(H,33,34)/b13-11-. The maximum atomic E-state index is 10.5. The Labute approximate surface area is 214 Å². The van der Waals surface area contributed by atoms with Crippen molar-refractivity contribution in [2.45, 2.75) is 155 Å². The van der Waals surface area contributed by atoms with Crippen LogP contribution in [0.3, 0.4) is 0 Å². The molecule has 0 aromatic carbocycles. The monoisotopic (exact) mass is 479 g/mol. The quantitative estimate of drug-likeness (QED) is 0.0941. The fraction of sp³-hybridized carbons (Fsp3) is 0.903. The molecule has 0 aromatic rings. The number of rotatable bonds is 27. The van der Waals surface area contributed by atoms with Crippen molar-refractivity contribution in [3.05, 3.63) is 12.2 Å². The first-order valence-electron chi connectivity index (χ1n) is 15.1. The highest BCUT2D eigenvalue weighted by Crippen LogP contribution is 2.22. The maximum Gasteiger partial charge on any atom is 0.303 e. The van der Waals surface area contributed by atoms with Crippen LogP contribution in [0.4, 0.5) is 0 Å². The van der Waals surface area contributed by atoms with Gasteiger partial charge in [-0.05, 0) is 65.1 Å². The van der Waals surface area contributed by atoms with Crippen molar-refractivity contribution >= 4 is 5.97 Å². The molecule has 0 heterocycles. The lowest BCUT2D eigenvalue weighted by Gasteiger charge is -2.19. The van der Waals surface area contributed by atoms with Gasteiger partial charge in [0.2, 0.25) is 0 Å². The highest BCUT2D eigenvalue weighted by molar-refractivity contribution is 5.66. The van der Waals surface area contributed by atoms with Gasteiger partial charge in [0.15, 0.2) is 0 Å². The second-order valence-electron chi connectivity index (χ2n) is 10.9. The van der Waals surface area contributed by atoms with Crippen molar-refractivity contribution in [3.63, 3.8) is 0 Å². The van der Waals surface area contributed by atoms with E-state index >= 15 is 0 Å². The summed E-state index contributed by atoms with van der Waals surface area (Å²) in [5.41, 5.74) is 0. The van der Waals surface area contributed by atoms with Gasteiger partial charge in [0, 0.05) is 6.42 Å². The minimum Gasteiger partial charge on any atom is -0.481 e. The van der Waals surface area contributed by atoms with Gasteiger partial charge < -0.3 is 10.0 Å². The molecule has 0 bridgehead atoms. The highest BCUT2D eigenvalue weighted by Gasteiger charge is 2.09. The molecule has 0 aliphatic rings. The number of carboxylic acids is 1. The highest BCUT2D eigenvalue weighted by atomic mass is 16.4. The van der Waals surface area contributed by atoms with E-state index in [-0.39, 0.29) is 0 Å². The van der Waals surface area contributed by atoms with Gasteiger partial charge in [-0.15, -0.1) is 0 Å². The summed E-state index contributed by atoms with van der Waals surface area (Å²) in [6, 6.07) is 0. The normalized spacial score (nSPS) is 12.7. The lowest BCUT2D eigenvalue weighted by Crippen LogP contribution is -2.17. The molecule has 0 amide bonds. The Bertz CT molecular complexity index is 447. The van der Waals surface area contributed by atoms with Gasteiger partial charge in [-0.1, -0.05) is 122 Å². The molecule has 0 saturated carbocycles. The van der Waals surface area contributed by atoms with E-state index in [4.69, 9.17) is 5.11 Å². The van der Waals surface area contributed by atoms with E-state index in [2.05, 4.69) is 38.1 Å². The van der Waals surface area contributed by atoms with E-state index in [9.17, 15) is 4.79 Å². The first kappa shape index (κ1) is 33.2. The smallest absolute Gasteiger partial charge is 0.303 e. The summed E-state index contributed by atoms with van der Waals surface area (Å²) in [5, 5.41) is 8.62. The van der Waals surface area contributed by atoms with Crippen molar-refractivity contribution < 1.29 is 9.90 Å². The van der Waals surface area contributed by atoms with Crippen LogP contribution >= 0.6 is 0 Å². The second kappa shape index (κ2) is 26.8. The number of unbranched alkanes of at least 4 members (excludes halogenated alkanes) is 16. The molecule has 202 valence electrons. The van der Waals surface area contributed by atoms with E-state index in [1.54, 1.807) is 0 Å². The summed E-state index contributed by atoms with van der Waals surface area (Å²) in [6.07, 6.45) is 34.3. The fourth-order valence-corrected chi connectivity index (χ4v) is 4.79. The number of carbonyl (C=O) groups is 1. The number of carboxylic acid groups (broad SMARTS) is 1. The van der Waals surface area contributed by atoms with Gasteiger partial charge in [0.25, 0.3) is 0 Å². The van der Waals surface area contributed by atoms with Crippen LogP contribution in [0, 0.1) is 5.92 Å². The third-order valence-corrected chi connectivity index (χ3v) is 7.11. The first-order chi connectivity index (χ1) is 16.6. The van der Waals surface area contributed by atoms with Crippen LogP contribution in [-0.2, 0) is 4.79 Å². The van der Waals surface area contributed by atoms with Crippen LogP contribution in [0.15, 0.2) is 12.2 Å². The molecule has 34 heavy (non-hydrogen) atoms. The minimum atomic E-state index is -0.668. The Balaban J connectivity index is 3.59. The largest absolute Gasteiger partial charge is 0.481 e. The van der Waals surface area contributed by atoms with Crippen LogP contribution in [0.1, 0.15) is 155 Å². The zero-order chi connectivity index (χ0) is 25.1. The van der Waals surface area contributed by atoms with Gasteiger partial charge in [-0.2, -0.15) is 0 Å². The molecule has 3 heteroatoms. The van der Waals surface area contributed by atoms with Crippen LogP contribution in [-0.4, -0.2) is 36.6 Å². The van der Waals surface area contributed by atoms with Crippen molar-refractivity contribution in [2.75, 3.05) is 20.6 Å². The van der Waals surface area contributed by atoms with Crippen molar-refractivity contribution in [3.8, 4) is 0 Å². The summed E-state index contributed by atoms with van der Waals surface area (Å²) in [5.74, 6) is 0.278. The zero-order valence-corrected chi connectivity index (χ0v) is 23.5. The lowest BCUT2D eigenvalue weighted by atomic mass is 9.91. The molecule has 1 N–H and O–H groups in total. The van der Waals surface area contributed by atoms with Gasteiger partial charge in [-0.25, -0.2) is 0 Å². The molecular formula is C31H61NO2. The Morgan fingerprint density at radius 3 is 1.56 bits per heavy atom. The Hall–Kier alpha value is -0.830. The number of allylic oxidation sites excluding steroid dienone is 2. The fourth-order valence-electron chi connectivity index (χ4n) is 4.79. The third kappa shape index (κ3) is 27.4. The summed E-state index contributed by atoms with van der Waals surface area (Å²) >= 11 is 0. The topological polar surface area (TPSA) is 40.5 Å². The van der Waals surface area contributed by atoms with E-state index < -0.39 is 5.97 Å². The number of aliphatic carboxylic acids is 1. The van der Waals surface area contributed by atoms with Crippen LogP contribution in [0.2, 0.25) is 0 Å². The SMILES string of the molecule is CCCCCCCCCC(CCCCCCCCC/C=C\CCCCCC(=O)O)CCN(C)C. The second-order valence-corrected chi connectivity index (χ2v) is 10.9. The maximum absolute atomic E-state index is 10.5. The lowest BCUT2D eigenvalue weighted by molar-refractivity contribution is -0.137. The van der Waals surface area contributed by atoms with E-state index in [0.717, 1.165) is 31.6 Å². The molecule has 0 aliphatic heterocycles. The third-order valence-electron chi connectivity index (χ3n) is 7.11. The Morgan fingerprint density at radius 2 is 1.09 bits per heavy atom. The van der Waals surface area contributed by atoms with Crippen molar-refractivity contribution in [2.24, 2.45) is 5.92 Å². The summed E-state index contributed by atoms with van der Waals surface area (Å²) in [7, 11) is 4.43. The summed E-state index contributed by atoms with van der Waals surface area (Å²) < 4.78 is 0. The average Bonchev–Trinajstić information content (AvgIpc) is 2.80. The van der Waals surface area contributed by atoms with E-state index in [1.807, 2.05) is 0 Å². The average molecular weight is 480 g/mol. The molecule has 0 saturated heterocycles. The number of hydrogen-bond donors (Lipinski definition) is 1. The van der Waals surface area contributed by atoms with Gasteiger partial charge >= 0.3 is 5.97 Å². The van der Waals surface area contributed by atoms with E-state index in [0.29, 0.717) is 6.42 Å². The molecular weight excluding hydrogens is 418 g/mol. The number of nitrogens with zero attached hydrogens (tertiary/aromatic N) is 1. The zero-order valence-electron chi connectivity index (χ0n) is 23.5. The molecule has 0 rings (SSSR count). The van der Waals surface area contributed by atoms with Gasteiger partial charge in [-0.3, -0.25) is 4.79 Å². The van der Waals surface area contributed by atoms with Crippen LogP contribution in [0.5, 0.6) is 0 Å². The summed E-state index contributed by atoms with van der Waals surface area (Å²) in [4.78, 5) is 12.8. The molecule has 1 atom stereocenters. The first-order valence-corrected chi connectivity index (χ1v) is 15.1. The van der Waals surface area contributed by atoms with Crippen molar-refractivity contribution in [1.82, 2.24) is 4.90 Å². The van der Waals surface area contributed by atoms with Crippen molar-refractivity contribution in [1.29, 1.82) is 0 Å². The van der Waals surface area contributed by atoms with E-state index in [1.165, 1.54) is 122 Å². The molecule has 1 unspecified atom stereocenters. The molecule has 0 spiro atoms. The van der Waals surface area contributed by atoms with Crippen LogP contribution < -0.4 is 0 Å². The molecule has 3 nitrogen and oxygen atoms in total. The Kier molecular flexibility index (Phi) is 26.1. The molecule has 0 fully saturated rings. The molecule has 0 radical (unpaired) electrons. The molecule has 0 aromatic heterocycles.